The Morgan fingerprint density at radius 2 is 2.38 bits per heavy atom. The van der Waals surface area contributed by atoms with Gasteiger partial charge < -0.3 is 26.6 Å². The Labute approximate surface area is 158 Å². The highest BCUT2D eigenvalue weighted by atomic mass is 35.5. The van der Waals surface area contributed by atoms with Crippen LogP contribution in [0.4, 0.5) is 11.8 Å². The number of allylic oxidation sites excluding steroid dienone is 1. The lowest BCUT2D eigenvalue weighted by Gasteiger charge is -2.17. The average Bonchev–Trinajstić information content (AvgIpc) is 3.11. The molecule has 0 aromatic carbocycles. The maximum absolute atomic E-state index is 11.9. The number of anilines is 2. The number of halogens is 1. The molecule has 1 unspecified atom stereocenters. The van der Waals surface area contributed by atoms with Gasteiger partial charge in [0.1, 0.15) is 5.02 Å². The van der Waals surface area contributed by atoms with Crippen LogP contribution in [0, 0.1) is 5.92 Å². The highest BCUT2D eigenvalue weighted by Gasteiger charge is 2.25. The Kier molecular flexibility index (Phi) is 7.61. The molecule has 10 heteroatoms. The maximum Gasteiger partial charge on any atom is 0.236 e. The van der Waals surface area contributed by atoms with Crippen molar-refractivity contribution in [3.05, 3.63) is 23.1 Å². The standard InChI is InChI=1S/C16H25ClN8O/c1-19-7-12(5-18)23-16-22-8-13(17)15(24-16)21-6-11-3-4-25(10-11)14(26)9-20-2/h5,7-8,11,20H,3-4,6,9-10,18H2,1-2H3,(H2,21,22,23,24)/b12-5+,19-7?. The Morgan fingerprint density at radius 3 is 3.08 bits per heavy atom. The summed E-state index contributed by atoms with van der Waals surface area (Å²) in [5.74, 6) is 1.38. The molecule has 142 valence electrons. The number of likely N-dealkylation sites (tertiary alicyclic amines) is 1. The Bertz CT molecular complexity index is 678. The van der Waals surface area contributed by atoms with Crippen molar-refractivity contribution >= 4 is 35.5 Å². The van der Waals surface area contributed by atoms with Crippen LogP contribution in [0.3, 0.4) is 0 Å². The molecule has 0 aliphatic carbocycles. The van der Waals surface area contributed by atoms with Crippen LogP contribution in [-0.2, 0) is 4.79 Å². The fourth-order valence-electron chi connectivity index (χ4n) is 2.67. The summed E-state index contributed by atoms with van der Waals surface area (Å²) in [6.07, 6.45) is 5.42. The van der Waals surface area contributed by atoms with Crippen LogP contribution in [0.15, 0.2) is 23.1 Å². The normalized spacial score (nSPS) is 17.7. The van der Waals surface area contributed by atoms with Crippen molar-refractivity contribution < 1.29 is 4.79 Å². The highest BCUT2D eigenvalue weighted by molar-refractivity contribution is 6.32. The van der Waals surface area contributed by atoms with Gasteiger partial charge >= 0.3 is 0 Å². The molecule has 9 nitrogen and oxygen atoms in total. The third kappa shape index (κ3) is 5.57. The summed E-state index contributed by atoms with van der Waals surface area (Å²) < 4.78 is 0. The van der Waals surface area contributed by atoms with Gasteiger partial charge in [-0.3, -0.25) is 9.79 Å². The summed E-state index contributed by atoms with van der Waals surface area (Å²) in [5, 5.41) is 9.54. The minimum Gasteiger partial charge on any atom is -0.403 e. The quantitative estimate of drug-likeness (QED) is 0.485. The summed E-state index contributed by atoms with van der Waals surface area (Å²) >= 11 is 6.18. The minimum atomic E-state index is 0.125. The van der Waals surface area contributed by atoms with Crippen LogP contribution in [0.5, 0.6) is 0 Å². The van der Waals surface area contributed by atoms with Crippen LogP contribution < -0.4 is 21.7 Å². The molecule has 5 N–H and O–H groups in total. The molecule has 2 heterocycles. The fraction of sp³-hybridized carbons (Fsp3) is 0.500. The molecular formula is C16H25ClN8O. The van der Waals surface area contributed by atoms with Gasteiger partial charge in [-0.15, -0.1) is 0 Å². The number of hydrogen-bond donors (Lipinski definition) is 4. The van der Waals surface area contributed by atoms with Gasteiger partial charge in [-0.1, -0.05) is 11.6 Å². The Hall–Kier alpha value is -2.39. The van der Waals surface area contributed by atoms with Crippen molar-refractivity contribution in [1.82, 2.24) is 20.2 Å². The summed E-state index contributed by atoms with van der Waals surface area (Å²) in [7, 11) is 3.42. The third-order valence-corrected chi connectivity index (χ3v) is 4.25. The second-order valence-electron chi connectivity index (χ2n) is 5.93. The van der Waals surface area contributed by atoms with E-state index >= 15 is 0 Å². The number of hydrogen-bond acceptors (Lipinski definition) is 8. The van der Waals surface area contributed by atoms with Gasteiger partial charge in [0.25, 0.3) is 0 Å². The second kappa shape index (κ2) is 9.93. The molecule has 2 rings (SSSR count). The molecule has 1 aromatic heterocycles. The van der Waals surface area contributed by atoms with E-state index < -0.39 is 0 Å². The van der Waals surface area contributed by atoms with Gasteiger partial charge in [0.15, 0.2) is 5.82 Å². The molecule has 0 saturated carbocycles. The van der Waals surface area contributed by atoms with Gasteiger partial charge in [0.2, 0.25) is 11.9 Å². The molecule has 1 aliphatic heterocycles. The van der Waals surface area contributed by atoms with Gasteiger partial charge in [0.05, 0.1) is 18.4 Å². The molecule has 1 atom stereocenters. The van der Waals surface area contributed by atoms with E-state index in [0.717, 1.165) is 19.5 Å². The number of nitrogens with two attached hydrogens (primary N) is 1. The van der Waals surface area contributed by atoms with Crippen LogP contribution in [0.2, 0.25) is 5.02 Å². The molecule has 1 amide bonds. The highest BCUT2D eigenvalue weighted by Crippen LogP contribution is 2.22. The first kappa shape index (κ1) is 19.9. The number of carbonyl (C=O) groups excluding carboxylic acids is 1. The van der Waals surface area contributed by atoms with Crippen molar-refractivity contribution in [2.75, 3.05) is 50.9 Å². The van der Waals surface area contributed by atoms with Crippen LogP contribution in [0.25, 0.3) is 0 Å². The molecule has 1 fully saturated rings. The van der Waals surface area contributed by atoms with Crippen LogP contribution in [-0.4, -0.2) is 67.3 Å². The Balaban J connectivity index is 1.93. The summed E-state index contributed by atoms with van der Waals surface area (Å²) in [5.41, 5.74) is 6.10. The van der Waals surface area contributed by atoms with E-state index in [2.05, 4.69) is 30.9 Å². The first-order valence-electron chi connectivity index (χ1n) is 8.37. The van der Waals surface area contributed by atoms with Gasteiger partial charge in [0, 0.05) is 39.1 Å². The number of rotatable bonds is 8. The fourth-order valence-corrected chi connectivity index (χ4v) is 2.82. The van der Waals surface area contributed by atoms with Crippen LogP contribution in [0.1, 0.15) is 6.42 Å². The summed E-state index contributed by atoms with van der Waals surface area (Å²) in [4.78, 5) is 26.2. The van der Waals surface area contributed by atoms with Crippen molar-refractivity contribution in [1.29, 1.82) is 0 Å². The second-order valence-corrected chi connectivity index (χ2v) is 6.34. The number of likely N-dealkylation sites (N-methyl/N-ethyl adjacent to an activating group) is 1. The molecule has 1 aliphatic rings. The van der Waals surface area contributed by atoms with E-state index in [-0.39, 0.29) is 5.91 Å². The van der Waals surface area contributed by atoms with Gasteiger partial charge in [-0.05, 0) is 19.4 Å². The predicted molar refractivity (Wildman–Crippen MR) is 104 cm³/mol. The van der Waals surface area contributed by atoms with Crippen molar-refractivity contribution in [3.8, 4) is 0 Å². The van der Waals surface area contributed by atoms with E-state index in [1.807, 2.05) is 4.90 Å². The van der Waals surface area contributed by atoms with Gasteiger partial charge in [-0.25, -0.2) is 4.98 Å². The van der Waals surface area contributed by atoms with E-state index in [1.54, 1.807) is 20.3 Å². The van der Waals surface area contributed by atoms with Crippen molar-refractivity contribution in [3.63, 3.8) is 0 Å². The smallest absolute Gasteiger partial charge is 0.236 e. The molecular weight excluding hydrogens is 356 g/mol. The number of aromatic nitrogens is 2. The molecule has 0 radical (unpaired) electrons. The summed E-state index contributed by atoms with van der Waals surface area (Å²) in [6.45, 7) is 2.55. The zero-order valence-corrected chi connectivity index (χ0v) is 15.8. The topological polar surface area (TPSA) is 121 Å². The van der Waals surface area contributed by atoms with E-state index in [1.165, 1.54) is 12.4 Å². The lowest BCUT2D eigenvalue weighted by Crippen LogP contribution is -2.35. The average molecular weight is 381 g/mol. The third-order valence-electron chi connectivity index (χ3n) is 3.97. The van der Waals surface area contributed by atoms with E-state index in [0.29, 0.717) is 41.5 Å². The lowest BCUT2D eigenvalue weighted by atomic mass is 10.1. The first-order chi connectivity index (χ1) is 12.6. The number of carbonyl (C=O) groups is 1. The first-order valence-corrected chi connectivity index (χ1v) is 8.75. The number of amides is 1. The zero-order chi connectivity index (χ0) is 18.9. The molecule has 0 spiro atoms. The van der Waals surface area contributed by atoms with Gasteiger partial charge in [-0.2, -0.15) is 4.98 Å². The lowest BCUT2D eigenvalue weighted by molar-refractivity contribution is -0.129. The molecule has 1 saturated heterocycles. The Morgan fingerprint density at radius 1 is 1.58 bits per heavy atom. The SMILES string of the molecule is CN=C/C(=C\N)Nc1ncc(Cl)c(NCC2CCN(C(=O)CNC)C2)n1. The number of nitrogens with one attached hydrogen (secondary N) is 3. The molecule has 0 bridgehead atoms. The minimum absolute atomic E-state index is 0.125. The van der Waals surface area contributed by atoms with Crippen molar-refractivity contribution in [2.24, 2.45) is 16.6 Å². The molecule has 1 aromatic rings. The maximum atomic E-state index is 11.9. The van der Waals surface area contributed by atoms with E-state index in [4.69, 9.17) is 17.3 Å². The predicted octanol–water partition coefficient (Wildman–Crippen LogP) is 0.522. The number of aliphatic imine (C=N–C) groups is 1. The largest absolute Gasteiger partial charge is 0.403 e. The monoisotopic (exact) mass is 380 g/mol. The number of nitrogens with zero attached hydrogens (tertiary/aromatic N) is 4. The van der Waals surface area contributed by atoms with E-state index in [9.17, 15) is 4.79 Å². The van der Waals surface area contributed by atoms with Crippen LogP contribution >= 0.6 is 11.6 Å². The van der Waals surface area contributed by atoms with Crippen molar-refractivity contribution in [2.45, 2.75) is 6.42 Å². The zero-order valence-electron chi connectivity index (χ0n) is 15.0. The molecule has 26 heavy (non-hydrogen) atoms. The summed E-state index contributed by atoms with van der Waals surface area (Å²) in [6, 6.07) is 0.